The Kier molecular flexibility index (Phi) is 6.21. The average molecular weight is 419 g/mol. The van der Waals surface area contributed by atoms with Crippen LogP contribution in [0, 0.1) is 5.92 Å². The SMILES string of the molecule is CC1=[N+](CCC=O)CCN1[C@H]1CC[C@@H](C(C(N)=O)(c2ccccc2)c2ccccc2)C1. The van der Waals surface area contributed by atoms with Crippen molar-refractivity contribution >= 4 is 18.0 Å². The molecule has 2 atom stereocenters. The van der Waals surface area contributed by atoms with Crippen molar-refractivity contribution in [3.05, 3.63) is 71.8 Å². The zero-order valence-electron chi connectivity index (χ0n) is 18.2. The number of aldehydes is 1. The van der Waals surface area contributed by atoms with Gasteiger partial charge in [0, 0.05) is 13.3 Å². The number of carbonyl (C=O) groups excluding carboxylic acids is 2. The van der Waals surface area contributed by atoms with E-state index in [2.05, 4.69) is 16.4 Å². The topological polar surface area (TPSA) is 66.4 Å². The summed E-state index contributed by atoms with van der Waals surface area (Å²) in [5.41, 5.74) is 7.35. The molecule has 2 aromatic carbocycles. The highest BCUT2D eigenvalue weighted by Crippen LogP contribution is 2.48. The van der Waals surface area contributed by atoms with Crippen LogP contribution in [0.15, 0.2) is 60.7 Å². The van der Waals surface area contributed by atoms with Crippen LogP contribution in [0.3, 0.4) is 0 Å². The summed E-state index contributed by atoms with van der Waals surface area (Å²) in [6, 6.07) is 20.5. The van der Waals surface area contributed by atoms with E-state index >= 15 is 0 Å². The lowest BCUT2D eigenvalue weighted by Crippen LogP contribution is -2.48. The molecule has 0 saturated heterocycles. The lowest BCUT2D eigenvalue weighted by Gasteiger charge is -2.37. The smallest absolute Gasteiger partial charge is 0.244 e. The van der Waals surface area contributed by atoms with Crippen molar-refractivity contribution in [3.8, 4) is 0 Å². The Bertz CT molecular complexity index is 916. The van der Waals surface area contributed by atoms with Gasteiger partial charge in [0.05, 0.1) is 12.6 Å². The molecule has 2 aliphatic rings. The molecule has 0 radical (unpaired) electrons. The maximum Gasteiger partial charge on any atom is 0.244 e. The second-order valence-electron chi connectivity index (χ2n) is 8.75. The molecule has 1 heterocycles. The number of hydrogen-bond donors (Lipinski definition) is 1. The van der Waals surface area contributed by atoms with E-state index in [9.17, 15) is 9.59 Å². The second kappa shape index (κ2) is 9.04. The van der Waals surface area contributed by atoms with Gasteiger partial charge in [-0.2, -0.15) is 0 Å². The molecule has 1 aliphatic heterocycles. The van der Waals surface area contributed by atoms with E-state index in [4.69, 9.17) is 5.73 Å². The number of nitrogens with two attached hydrogens (primary N) is 1. The molecule has 4 rings (SSSR count). The molecule has 1 aliphatic carbocycles. The molecular weight excluding hydrogens is 386 g/mol. The van der Waals surface area contributed by atoms with Gasteiger partial charge in [0.15, 0.2) is 0 Å². The highest BCUT2D eigenvalue weighted by Gasteiger charge is 2.52. The predicted octanol–water partition coefficient (Wildman–Crippen LogP) is 2.96. The van der Waals surface area contributed by atoms with E-state index < -0.39 is 5.41 Å². The normalized spacial score (nSPS) is 21.5. The van der Waals surface area contributed by atoms with Gasteiger partial charge in [-0.1, -0.05) is 60.7 Å². The summed E-state index contributed by atoms with van der Waals surface area (Å²) < 4.78 is 2.30. The number of hydrogen-bond acceptors (Lipinski definition) is 3. The minimum absolute atomic E-state index is 0.136. The zero-order valence-corrected chi connectivity index (χ0v) is 18.2. The van der Waals surface area contributed by atoms with Crippen LogP contribution in [0.5, 0.6) is 0 Å². The number of primary amides is 1. The molecule has 5 nitrogen and oxygen atoms in total. The molecule has 0 bridgehead atoms. The molecule has 0 unspecified atom stereocenters. The third-order valence-corrected chi connectivity index (χ3v) is 7.31. The van der Waals surface area contributed by atoms with E-state index in [1.165, 1.54) is 5.84 Å². The lowest BCUT2D eigenvalue weighted by atomic mass is 9.64. The molecule has 1 fully saturated rings. The van der Waals surface area contributed by atoms with Crippen molar-refractivity contribution in [2.24, 2.45) is 11.7 Å². The van der Waals surface area contributed by atoms with Gasteiger partial charge in [0.1, 0.15) is 24.8 Å². The minimum atomic E-state index is -0.831. The van der Waals surface area contributed by atoms with E-state index in [1.54, 1.807) is 0 Å². The first-order chi connectivity index (χ1) is 15.1. The number of amides is 1. The molecule has 2 aromatic rings. The van der Waals surface area contributed by atoms with Crippen molar-refractivity contribution in [2.75, 3.05) is 19.6 Å². The fourth-order valence-electron chi connectivity index (χ4n) is 5.82. The van der Waals surface area contributed by atoms with Crippen LogP contribution in [-0.2, 0) is 15.0 Å². The van der Waals surface area contributed by atoms with Crippen LogP contribution >= 0.6 is 0 Å². The largest absolute Gasteiger partial charge is 0.369 e. The van der Waals surface area contributed by atoms with Crippen LogP contribution in [0.2, 0.25) is 0 Å². The quantitative estimate of drug-likeness (QED) is 0.529. The molecule has 162 valence electrons. The molecule has 0 aromatic heterocycles. The highest BCUT2D eigenvalue weighted by molar-refractivity contribution is 5.91. The molecule has 5 heteroatoms. The summed E-state index contributed by atoms with van der Waals surface area (Å²) in [5, 5.41) is 0. The summed E-state index contributed by atoms with van der Waals surface area (Å²) in [6.45, 7) is 4.86. The monoisotopic (exact) mass is 418 g/mol. The standard InChI is InChI=1S/C26H31N3O2/c1-20-28(15-8-18-30)16-17-29(20)24-14-13-23(19-24)26(25(27)31,21-9-4-2-5-10-21)22-11-6-3-7-12-22/h2-7,9-12,18,23-24H,8,13-17,19H2,1H3,(H-,27,31)/p+1/t23-,24+/m1/s1. The molecule has 0 spiro atoms. The number of nitrogens with zero attached hydrogens (tertiary/aromatic N) is 2. The first kappa shape index (κ1) is 21.3. The first-order valence-electron chi connectivity index (χ1n) is 11.3. The third-order valence-electron chi connectivity index (χ3n) is 7.31. The van der Waals surface area contributed by atoms with Crippen molar-refractivity contribution in [3.63, 3.8) is 0 Å². The number of amidine groups is 1. The van der Waals surface area contributed by atoms with Crippen molar-refractivity contribution in [1.82, 2.24) is 4.90 Å². The Morgan fingerprint density at radius 2 is 1.71 bits per heavy atom. The Balaban J connectivity index is 1.68. The lowest BCUT2D eigenvalue weighted by molar-refractivity contribution is -0.517. The summed E-state index contributed by atoms with van der Waals surface area (Å²) in [7, 11) is 0. The first-order valence-corrected chi connectivity index (χ1v) is 11.3. The van der Waals surface area contributed by atoms with Gasteiger partial charge < -0.3 is 10.5 Å². The fraction of sp³-hybridized carbons (Fsp3) is 0.423. The third kappa shape index (κ3) is 3.78. The molecule has 31 heavy (non-hydrogen) atoms. The van der Waals surface area contributed by atoms with Gasteiger partial charge in [-0.15, -0.1) is 0 Å². The van der Waals surface area contributed by atoms with Gasteiger partial charge >= 0.3 is 0 Å². The maximum absolute atomic E-state index is 13.2. The van der Waals surface area contributed by atoms with E-state index in [-0.39, 0.29) is 11.8 Å². The number of carbonyl (C=O) groups is 2. The number of rotatable bonds is 8. The summed E-state index contributed by atoms with van der Waals surface area (Å²) >= 11 is 0. The van der Waals surface area contributed by atoms with Crippen LogP contribution in [0.1, 0.15) is 43.7 Å². The Morgan fingerprint density at radius 3 is 2.26 bits per heavy atom. The van der Waals surface area contributed by atoms with Crippen LogP contribution in [0.25, 0.3) is 0 Å². The second-order valence-corrected chi connectivity index (χ2v) is 8.75. The average Bonchev–Trinajstić information content (AvgIpc) is 3.41. The van der Waals surface area contributed by atoms with Gasteiger partial charge in [0.2, 0.25) is 11.7 Å². The highest BCUT2D eigenvalue weighted by atomic mass is 16.1. The summed E-state index contributed by atoms with van der Waals surface area (Å²) in [6.07, 6.45) is 4.47. The zero-order chi connectivity index (χ0) is 21.8. The van der Waals surface area contributed by atoms with Gasteiger partial charge in [-0.25, -0.2) is 0 Å². The molecule has 1 saturated carbocycles. The fourth-order valence-corrected chi connectivity index (χ4v) is 5.82. The minimum Gasteiger partial charge on any atom is -0.369 e. The number of benzene rings is 2. The van der Waals surface area contributed by atoms with Crippen LogP contribution < -0.4 is 5.73 Å². The van der Waals surface area contributed by atoms with E-state index in [0.717, 1.165) is 56.3 Å². The van der Waals surface area contributed by atoms with Gasteiger partial charge in [-0.3, -0.25) is 14.3 Å². The Hall–Kier alpha value is -2.95. The van der Waals surface area contributed by atoms with Crippen LogP contribution in [0.4, 0.5) is 0 Å². The molecule has 1 amide bonds. The van der Waals surface area contributed by atoms with E-state index in [0.29, 0.717) is 12.5 Å². The Morgan fingerprint density at radius 1 is 1.10 bits per heavy atom. The van der Waals surface area contributed by atoms with Gasteiger partial charge in [0.25, 0.3) is 0 Å². The maximum atomic E-state index is 13.2. The van der Waals surface area contributed by atoms with Crippen molar-refractivity contribution in [1.29, 1.82) is 0 Å². The van der Waals surface area contributed by atoms with Crippen molar-refractivity contribution in [2.45, 2.75) is 44.1 Å². The molecule has 2 N–H and O–H groups in total. The van der Waals surface area contributed by atoms with Crippen LogP contribution in [-0.4, -0.2) is 53.2 Å². The predicted molar refractivity (Wildman–Crippen MR) is 122 cm³/mol. The summed E-state index contributed by atoms with van der Waals surface area (Å²) in [4.78, 5) is 26.5. The summed E-state index contributed by atoms with van der Waals surface area (Å²) in [5.74, 6) is 1.11. The molecular formula is C26H32N3O2+. The van der Waals surface area contributed by atoms with Gasteiger partial charge in [-0.05, 0) is 36.3 Å². The Labute approximate surface area is 184 Å². The van der Waals surface area contributed by atoms with E-state index in [1.807, 2.05) is 60.7 Å². The van der Waals surface area contributed by atoms with Crippen molar-refractivity contribution < 1.29 is 14.2 Å².